The maximum Gasteiger partial charge on any atom is 0.266 e. The van der Waals surface area contributed by atoms with Crippen molar-refractivity contribution in [3.05, 3.63) is 35.3 Å². The van der Waals surface area contributed by atoms with Crippen LogP contribution in [0.1, 0.15) is 5.56 Å². The van der Waals surface area contributed by atoms with E-state index in [0.717, 1.165) is 5.56 Å². The Balaban J connectivity index is 1.97. The maximum absolute atomic E-state index is 12.3. The van der Waals surface area contributed by atoms with Crippen molar-refractivity contribution in [3.8, 4) is 17.2 Å². The highest BCUT2D eigenvalue weighted by Crippen LogP contribution is 2.40. The molecular formula is C15H13NO4S2. The number of ether oxygens (including phenoxy) is 3. The van der Waals surface area contributed by atoms with Crippen molar-refractivity contribution in [2.75, 3.05) is 20.4 Å². The highest BCUT2D eigenvalue weighted by Gasteiger charge is 2.31. The molecule has 114 valence electrons. The van der Waals surface area contributed by atoms with E-state index in [0.29, 0.717) is 33.0 Å². The van der Waals surface area contributed by atoms with Crippen LogP contribution in [-0.4, -0.2) is 35.6 Å². The number of methoxy groups -OCH3 is 1. The van der Waals surface area contributed by atoms with Crippen LogP contribution >= 0.6 is 24.0 Å². The van der Waals surface area contributed by atoms with Crippen LogP contribution in [0, 0.1) is 0 Å². The average Bonchev–Trinajstić information content (AvgIpc) is 3.06. The van der Waals surface area contributed by atoms with Gasteiger partial charge in [0.2, 0.25) is 6.79 Å². The number of nitrogens with zero attached hydrogens (tertiary/aromatic N) is 1. The van der Waals surface area contributed by atoms with Gasteiger partial charge in [-0.25, -0.2) is 0 Å². The maximum atomic E-state index is 12.3. The van der Waals surface area contributed by atoms with E-state index in [-0.39, 0.29) is 12.7 Å². The normalized spacial score (nSPS) is 18.2. The van der Waals surface area contributed by atoms with Gasteiger partial charge in [0.1, 0.15) is 10.1 Å². The molecule has 1 aromatic carbocycles. The first-order chi connectivity index (χ1) is 10.6. The molecule has 7 heteroatoms. The fourth-order valence-electron chi connectivity index (χ4n) is 2.16. The zero-order chi connectivity index (χ0) is 15.7. The molecule has 0 bridgehead atoms. The summed E-state index contributed by atoms with van der Waals surface area (Å²) in [7, 11) is 1.57. The van der Waals surface area contributed by atoms with Crippen LogP contribution in [0.25, 0.3) is 6.08 Å². The predicted octanol–water partition coefficient (Wildman–Crippen LogP) is 2.81. The lowest BCUT2D eigenvalue weighted by Gasteiger charge is -2.10. The van der Waals surface area contributed by atoms with E-state index >= 15 is 0 Å². The van der Waals surface area contributed by atoms with Gasteiger partial charge in [-0.2, -0.15) is 0 Å². The molecule has 0 saturated carbocycles. The molecule has 5 nitrogen and oxygen atoms in total. The van der Waals surface area contributed by atoms with E-state index in [1.165, 1.54) is 16.7 Å². The second kappa shape index (κ2) is 6.02. The number of thioether (sulfide) groups is 1. The van der Waals surface area contributed by atoms with Crippen molar-refractivity contribution in [3.63, 3.8) is 0 Å². The van der Waals surface area contributed by atoms with Gasteiger partial charge in [0.25, 0.3) is 5.91 Å². The molecule has 2 heterocycles. The lowest BCUT2D eigenvalue weighted by Crippen LogP contribution is -2.27. The molecular weight excluding hydrogens is 322 g/mol. The van der Waals surface area contributed by atoms with E-state index in [1.54, 1.807) is 31.4 Å². The molecule has 2 aliphatic rings. The zero-order valence-electron chi connectivity index (χ0n) is 11.8. The van der Waals surface area contributed by atoms with E-state index < -0.39 is 0 Å². The summed E-state index contributed by atoms with van der Waals surface area (Å²) in [5, 5.41) is 0. The third-order valence-electron chi connectivity index (χ3n) is 3.20. The quantitative estimate of drug-likeness (QED) is 0.479. The van der Waals surface area contributed by atoms with Gasteiger partial charge < -0.3 is 14.2 Å². The van der Waals surface area contributed by atoms with Crippen LogP contribution in [-0.2, 0) is 4.79 Å². The van der Waals surface area contributed by atoms with Crippen molar-refractivity contribution in [2.24, 2.45) is 0 Å². The molecule has 1 fully saturated rings. The van der Waals surface area contributed by atoms with Crippen LogP contribution in [0.4, 0.5) is 0 Å². The number of carbonyl (C=O) groups excluding carboxylic acids is 1. The molecule has 0 aliphatic carbocycles. The first kappa shape index (κ1) is 14.9. The molecule has 0 spiro atoms. The lowest BCUT2D eigenvalue weighted by atomic mass is 10.1. The number of hydrogen-bond donors (Lipinski definition) is 0. The van der Waals surface area contributed by atoms with Gasteiger partial charge in [-0.05, 0) is 12.1 Å². The summed E-state index contributed by atoms with van der Waals surface area (Å²) < 4.78 is 16.6. The van der Waals surface area contributed by atoms with E-state index in [2.05, 4.69) is 6.58 Å². The predicted molar refractivity (Wildman–Crippen MR) is 89.2 cm³/mol. The molecule has 2 aliphatic heterocycles. The van der Waals surface area contributed by atoms with Crippen molar-refractivity contribution >= 4 is 40.3 Å². The first-order valence-electron chi connectivity index (χ1n) is 6.48. The number of benzene rings is 1. The number of hydrogen-bond acceptors (Lipinski definition) is 6. The van der Waals surface area contributed by atoms with Crippen molar-refractivity contribution in [2.45, 2.75) is 0 Å². The Morgan fingerprint density at radius 2 is 2.18 bits per heavy atom. The standard InChI is InChI=1S/C15H13NO4S2/c1-3-4-16-14(17)13(22-15(16)21)6-9-5-11-12(20-8-19-11)7-10(9)18-2/h3,5-7H,1,4,8H2,2H3/b13-6+. The number of rotatable bonds is 4. The Hall–Kier alpha value is -1.99. The Kier molecular flexibility index (Phi) is 4.08. The third-order valence-corrected chi connectivity index (χ3v) is 4.57. The number of thiocarbonyl (C=S) groups is 1. The van der Waals surface area contributed by atoms with Crippen LogP contribution in [0.3, 0.4) is 0 Å². The van der Waals surface area contributed by atoms with Crippen LogP contribution in [0.5, 0.6) is 17.2 Å². The largest absolute Gasteiger partial charge is 0.496 e. The number of amides is 1. The Morgan fingerprint density at radius 1 is 1.45 bits per heavy atom. The van der Waals surface area contributed by atoms with Gasteiger partial charge in [0.15, 0.2) is 11.5 Å². The minimum Gasteiger partial charge on any atom is -0.496 e. The molecule has 0 atom stereocenters. The van der Waals surface area contributed by atoms with E-state index in [4.69, 9.17) is 26.4 Å². The lowest BCUT2D eigenvalue weighted by molar-refractivity contribution is -0.121. The van der Waals surface area contributed by atoms with Crippen LogP contribution in [0.2, 0.25) is 0 Å². The van der Waals surface area contributed by atoms with Crippen molar-refractivity contribution in [1.82, 2.24) is 4.90 Å². The molecule has 1 amide bonds. The summed E-state index contributed by atoms with van der Waals surface area (Å²) >= 11 is 6.48. The molecule has 1 saturated heterocycles. The first-order valence-corrected chi connectivity index (χ1v) is 7.70. The van der Waals surface area contributed by atoms with Gasteiger partial charge in [-0.15, -0.1) is 6.58 Å². The van der Waals surface area contributed by atoms with Gasteiger partial charge >= 0.3 is 0 Å². The third kappa shape index (κ3) is 2.57. The fraction of sp³-hybridized carbons (Fsp3) is 0.200. The van der Waals surface area contributed by atoms with Crippen LogP contribution in [0.15, 0.2) is 29.7 Å². The number of carbonyl (C=O) groups is 1. The highest BCUT2D eigenvalue weighted by molar-refractivity contribution is 8.26. The topological polar surface area (TPSA) is 48.0 Å². The zero-order valence-corrected chi connectivity index (χ0v) is 13.5. The molecule has 0 radical (unpaired) electrons. The summed E-state index contributed by atoms with van der Waals surface area (Å²) in [6.07, 6.45) is 3.40. The highest BCUT2D eigenvalue weighted by atomic mass is 32.2. The van der Waals surface area contributed by atoms with Crippen LogP contribution < -0.4 is 14.2 Å². The second-order valence-electron chi connectivity index (χ2n) is 4.53. The summed E-state index contributed by atoms with van der Waals surface area (Å²) in [6.45, 7) is 4.22. The van der Waals surface area contributed by atoms with E-state index in [1.807, 2.05) is 0 Å². The van der Waals surface area contributed by atoms with Gasteiger partial charge in [-0.1, -0.05) is 30.1 Å². The molecule has 3 rings (SSSR count). The minimum atomic E-state index is -0.130. The average molecular weight is 335 g/mol. The summed E-state index contributed by atoms with van der Waals surface area (Å²) in [5.41, 5.74) is 0.742. The van der Waals surface area contributed by atoms with E-state index in [9.17, 15) is 4.79 Å². The summed E-state index contributed by atoms with van der Waals surface area (Å²) in [4.78, 5) is 14.4. The molecule has 0 N–H and O–H groups in total. The van der Waals surface area contributed by atoms with Gasteiger partial charge in [0.05, 0.1) is 12.0 Å². The van der Waals surface area contributed by atoms with Crippen molar-refractivity contribution < 1.29 is 19.0 Å². The van der Waals surface area contributed by atoms with Crippen molar-refractivity contribution in [1.29, 1.82) is 0 Å². The van der Waals surface area contributed by atoms with Gasteiger partial charge in [0, 0.05) is 18.2 Å². The Bertz CT molecular complexity index is 699. The summed E-state index contributed by atoms with van der Waals surface area (Å²) in [5.74, 6) is 1.75. The molecule has 0 aromatic heterocycles. The summed E-state index contributed by atoms with van der Waals surface area (Å²) in [6, 6.07) is 3.54. The van der Waals surface area contributed by atoms with Gasteiger partial charge in [-0.3, -0.25) is 9.69 Å². The SMILES string of the molecule is C=CCN1C(=O)/C(=C\c2cc3c(cc2OC)OCO3)SC1=S. The fourth-order valence-corrected chi connectivity index (χ4v) is 3.42. The Morgan fingerprint density at radius 3 is 2.86 bits per heavy atom. The molecule has 22 heavy (non-hydrogen) atoms. The number of fused-ring (bicyclic) bond motifs is 1. The Labute approximate surface area is 137 Å². The smallest absolute Gasteiger partial charge is 0.266 e. The minimum absolute atomic E-state index is 0.130. The molecule has 1 aromatic rings. The second-order valence-corrected chi connectivity index (χ2v) is 6.20. The molecule has 0 unspecified atom stereocenters. The monoisotopic (exact) mass is 335 g/mol.